The summed E-state index contributed by atoms with van der Waals surface area (Å²) in [4.78, 5) is 7.79. The van der Waals surface area contributed by atoms with Crippen LogP contribution in [0.2, 0.25) is 0 Å². The molecule has 2 N–H and O–H groups in total. The zero-order chi connectivity index (χ0) is 20.0. The summed E-state index contributed by atoms with van der Waals surface area (Å²) in [5.41, 5.74) is -1.20. The normalized spacial score (nSPS) is 13.2. The van der Waals surface area contributed by atoms with Crippen molar-refractivity contribution in [3.8, 4) is 0 Å². The van der Waals surface area contributed by atoms with Gasteiger partial charge in [0.25, 0.3) is 0 Å². The van der Waals surface area contributed by atoms with Crippen molar-refractivity contribution in [2.24, 2.45) is 10.4 Å². The van der Waals surface area contributed by atoms with Crippen LogP contribution in [0, 0.1) is 5.41 Å². The molecule has 0 saturated carbocycles. The van der Waals surface area contributed by atoms with Crippen LogP contribution in [0.3, 0.4) is 0 Å². The lowest BCUT2D eigenvalue weighted by molar-refractivity contribution is -0.140. The van der Waals surface area contributed by atoms with Gasteiger partial charge in [-0.1, -0.05) is 13.8 Å². The van der Waals surface area contributed by atoms with Crippen molar-refractivity contribution in [3.63, 3.8) is 0 Å². The Morgan fingerprint density at radius 2 is 1.93 bits per heavy atom. The van der Waals surface area contributed by atoms with Gasteiger partial charge in [-0.15, -0.1) is 35.3 Å². The zero-order valence-electron chi connectivity index (χ0n) is 15.7. The Labute approximate surface area is 179 Å². The van der Waals surface area contributed by atoms with Gasteiger partial charge in [-0.2, -0.15) is 13.2 Å². The smallest absolute Gasteiger partial charge is 0.357 e. The molecule has 0 unspecified atom stereocenters. The van der Waals surface area contributed by atoms with Gasteiger partial charge < -0.3 is 10.6 Å². The van der Waals surface area contributed by atoms with E-state index in [0.29, 0.717) is 25.5 Å². The first-order valence-electron chi connectivity index (χ1n) is 8.04. The average Bonchev–Trinajstić information content (AvgIpc) is 2.97. The van der Waals surface area contributed by atoms with Gasteiger partial charge in [0, 0.05) is 24.7 Å². The zero-order valence-corrected chi connectivity index (χ0v) is 19.6. The molecule has 0 bridgehead atoms. The fraction of sp³-hybridized carbons (Fsp3) is 0.733. The molecule has 0 saturated heterocycles. The molecule has 158 valence electrons. The summed E-state index contributed by atoms with van der Waals surface area (Å²) < 4.78 is 60.3. The van der Waals surface area contributed by atoms with E-state index in [2.05, 4.69) is 20.6 Å². The maximum atomic E-state index is 12.6. The monoisotopic (exact) mass is 542 g/mol. The maximum absolute atomic E-state index is 12.6. The van der Waals surface area contributed by atoms with E-state index in [0.717, 1.165) is 16.7 Å². The number of nitrogens with zero attached hydrogens (tertiary/aromatic N) is 2. The third-order valence-corrected chi connectivity index (χ3v) is 5.22. The average molecular weight is 542 g/mol. The highest BCUT2D eigenvalue weighted by molar-refractivity contribution is 14.0. The highest BCUT2D eigenvalue weighted by Gasteiger charge is 2.33. The fourth-order valence-corrected chi connectivity index (χ4v) is 3.52. The summed E-state index contributed by atoms with van der Waals surface area (Å²) in [6, 6.07) is 0. The van der Waals surface area contributed by atoms with E-state index in [9.17, 15) is 21.6 Å². The summed E-state index contributed by atoms with van der Waals surface area (Å²) in [6.07, 6.45) is -2.77. The Bertz CT molecular complexity index is 719. The topological polar surface area (TPSA) is 83.4 Å². The molecule has 0 aliphatic heterocycles. The van der Waals surface area contributed by atoms with Gasteiger partial charge in [-0.3, -0.25) is 0 Å². The van der Waals surface area contributed by atoms with Crippen molar-refractivity contribution in [3.05, 3.63) is 16.1 Å². The van der Waals surface area contributed by atoms with E-state index < -0.39 is 21.7 Å². The molecule has 1 rings (SSSR count). The van der Waals surface area contributed by atoms with Crippen molar-refractivity contribution in [1.29, 1.82) is 0 Å². The predicted molar refractivity (Wildman–Crippen MR) is 113 cm³/mol. The van der Waals surface area contributed by atoms with E-state index in [4.69, 9.17) is 0 Å². The molecule has 0 aliphatic carbocycles. The van der Waals surface area contributed by atoms with E-state index >= 15 is 0 Å². The Hall–Kier alpha value is -0.630. The lowest BCUT2D eigenvalue weighted by Crippen LogP contribution is -2.42. The lowest BCUT2D eigenvalue weighted by atomic mass is 9.90. The van der Waals surface area contributed by atoms with Crippen LogP contribution in [0.5, 0.6) is 0 Å². The number of sulfone groups is 1. The number of aromatic nitrogens is 1. The molecule has 0 spiro atoms. The summed E-state index contributed by atoms with van der Waals surface area (Å²) in [7, 11) is -3.03. The molecule has 1 aromatic rings. The standard InChI is InChI=1S/C15H25F3N4O2S2.HI/c1-5-19-13(21-10-14(2,3)6-7-26(4,23)24)20-8-12-22-11(9-25-12)15(16,17)18;/h9H,5-8,10H2,1-4H3,(H2,19,20,21);1H. The molecule has 1 aromatic heterocycles. The van der Waals surface area contributed by atoms with Crippen LogP contribution < -0.4 is 10.6 Å². The van der Waals surface area contributed by atoms with Gasteiger partial charge in [-0.25, -0.2) is 18.4 Å². The number of guanidine groups is 1. The van der Waals surface area contributed by atoms with Crippen LogP contribution in [0.1, 0.15) is 37.9 Å². The Morgan fingerprint density at radius 1 is 1.30 bits per heavy atom. The Morgan fingerprint density at radius 3 is 2.41 bits per heavy atom. The molecule has 6 nitrogen and oxygen atoms in total. The van der Waals surface area contributed by atoms with E-state index in [1.807, 2.05) is 20.8 Å². The highest BCUT2D eigenvalue weighted by Crippen LogP contribution is 2.30. The van der Waals surface area contributed by atoms with Crippen LogP contribution in [-0.2, 0) is 22.6 Å². The molecule has 0 aliphatic rings. The molecule has 0 amide bonds. The van der Waals surface area contributed by atoms with Crippen molar-refractivity contribution < 1.29 is 21.6 Å². The SMILES string of the molecule is CCNC(=NCc1nc(C(F)(F)F)cs1)NCC(C)(C)CCS(C)(=O)=O.I. The molecule has 0 atom stereocenters. The Balaban J connectivity index is 0.00000676. The number of thiazole rings is 1. The molecule has 27 heavy (non-hydrogen) atoms. The molecule has 1 heterocycles. The van der Waals surface area contributed by atoms with Crippen LogP contribution in [0.4, 0.5) is 13.2 Å². The second kappa shape index (κ2) is 10.8. The van der Waals surface area contributed by atoms with Crippen molar-refractivity contribution in [1.82, 2.24) is 15.6 Å². The fourth-order valence-electron chi connectivity index (χ4n) is 1.88. The van der Waals surface area contributed by atoms with Crippen LogP contribution in [0.15, 0.2) is 10.4 Å². The largest absolute Gasteiger partial charge is 0.434 e. The number of alkyl halides is 3. The van der Waals surface area contributed by atoms with Crippen LogP contribution in [-0.4, -0.2) is 44.5 Å². The summed E-state index contributed by atoms with van der Waals surface area (Å²) in [5.74, 6) is 0.540. The molecular weight excluding hydrogens is 516 g/mol. The molecular formula is C15H26F3IN4O2S2. The quantitative estimate of drug-likeness (QED) is 0.299. The minimum atomic E-state index is -4.45. The third kappa shape index (κ3) is 11.1. The number of rotatable bonds is 8. The summed E-state index contributed by atoms with van der Waals surface area (Å²) in [6.45, 7) is 6.83. The number of halogens is 4. The van der Waals surface area contributed by atoms with Crippen molar-refractivity contribution in [2.45, 2.75) is 39.9 Å². The van der Waals surface area contributed by atoms with E-state index in [-0.39, 0.29) is 46.7 Å². The van der Waals surface area contributed by atoms with E-state index in [1.54, 1.807) is 0 Å². The second-order valence-electron chi connectivity index (χ2n) is 6.72. The van der Waals surface area contributed by atoms with E-state index in [1.165, 1.54) is 6.26 Å². The summed E-state index contributed by atoms with van der Waals surface area (Å²) >= 11 is 0.911. The summed E-state index contributed by atoms with van der Waals surface area (Å²) in [5, 5.41) is 7.35. The molecule has 0 fully saturated rings. The molecule has 0 radical (unpaired) electrons. The maximum Gasteiger partial charge on any atom is 0.434 e. The van der Waals surface area contributed by atoms with Crippen molar-refractivity contribution >= 4 is 51.1 Å². The highest BCUT2D eigenvalue weighted by atomic mass is 127. The minimum absolute atomic E-state index is 0. The van der Waals surface area contributed by atoms with Crippen LogP contribution in [0.25, 0.3) is 0 Å². The molecule has 12 heteroatoms. The van der Waals surface area contributed by atoms with Gasteiger partial charge in [0.15, 0.2) is 11.7 Å². The number of nitrogens with one attached hydrogen (secondary N) is 2. The molecule has 0 aromatic carbocycles. The first-order valence-corrected chi connectivity index (χ1v) is 11.0. The van der Waals surface area contributed by atoms with Gasteiger partial charge in [0.2, 0.25) is 0 Å². The van der Waals surface area contributed by atoms with Gasteiger partial charge >= 0.3 is 6.18 Å². The predicted octanol–water partition coefficient (Wildman–Crippen LogP) is 3.30. The first-order chi connectivity index (χ1) is 11.8. The van der Waals surface area contributed by atoms with Gasteiger partial charge in [0.05, 0.1) is 12.3 Å². The Kier molecular flexibility index (Phi) is 10.5. The van der Waals surface area contributed by atoms with Gasteiger partial charge in [-0.05, 0) is 18.8 Å². The minimum Gasteiger partial charge on any atom is -0.357 e. The number of hydrogen-bond donors (Lipinski definition) is 2. The lowest BCUT2D eigenvalue weighted by Gasteiger charge is -2.25. The third-order valence-electron chi connectivity index (χ3n) is 3.44. The van der Waals surface area contributed by atoms with Crippen molar-refractivity contribution in [2.75, 3.05) is 25.1 Å². The first kappa shape index (κ1) is 26.4. The second-order valence-corrected chi connectivity index (χ2v) is 9.92. The van der Waals surface area contributed by atoms with Crippen LogP contribution >= 0.6 is 35.3 Å². The number of aliphatic imine (C=N–C) groups is 1. The number of hydrogen-bond acceptors (Lipinski definition) is 5. The van der Waals surface area contributed by atoms with Gasteiger partial charge in [0.1, 0.15) is 14.8 Å².